The van der Waals surface area contributed by atoms with E-state index in [0.29, 0.717) is 5.16 Å². The molecule has 1 saturated carbocycles. The van der Waals surface area contributed by atoms with Crippen molar-refractivity contribution in [2.45, 2.75) is 63.4 Å². The second kappa shape index (κ2) is 8.11. The molecule has 2 aromatic carbocycles. The van der Waals surface area contributed by atoms with Crippen LogP contribution in [0, 0.1) is 6.07 Å². The second-order valence-corrected chi connectivity index (χ2v) is 8.64. The molecule has 0 aromatic heterocycles. The normalized spacial score (nSPS) is 17.6. The van der Waals surface area contributed by atoms with Crippen LogP contribution >= 0.6 is 8.58 Å². The molecule has 0 nitrogen and oxygen atoms in total. The average Bonchev–Trinajstić information content (AvgIpc) is 2.63. The van der Waals surface area contributed by atoms with Crippen LogP contribution in [0.5, 0.6) is 0 Å². The summed E-state index contributed by atoms with van der Waals surface area (Å²) in [4.78, 5) is 0. The SMILES string of the molecule is CCCCc1ccc(PC2(c3cc[c]cc3)CCCCC2)cc1. The van der Waals surface area contributed by atoms with Crippen LogP contribution < -0.4 is 5.30 Å². The summed E-state index contributed by atoms with van der Waals surface area (Å²) in [5, 5.41) is 1.90. The predicted octanol–water partition coefficient (Wildman–Crippen LogP) is 5.99. The summed E-state index contributed by atoms with van der Waals surface area (Å²) in [7, 11) is 0.886. The van der Waals surface area contributed by atoms with Crippen molar-refractivity contribution >= 4 is 13.9 Å². The number of hydrogen-bond acceptors (Lipinski definition) is 0. The minimum atomic E-state index is 0.373. The van der Waals surface area contributed by atoms with Gasteiger partial charge in [0.1, 0.15) is 0 Å². The topological polar surface area (TPSA) is 0 Å². The lowest BCUT2D eigenvalue weighted by atomic mass is 9.83. The number of aryl methyl sites for hydroxylation is 1. The van der Waals surface area contributed by atoms with Crippen molar-refractivity contribution in [2.24, 2.45) is 0 Å². The number of unbranched alkanes of at least 4 members (excludes halogenated alkanes) is 1. The molecule has 1 heteroatoms. The zero-order valence-corrected chi connectivity index (χ0v) is 15.3. The van der Waals surface area contributed by atoms with Crippen molar-refractivity contribution in [1.82, 2.24) is 0 Å². The predicted molar refractivity (Wildman–Crippen MR) is 103 cm³/mol. The quantitative estimate of drug-likeness (QED) is 0.573. The van der Waals surface area contributed by atoms with E-state index in [0.717, 1.165) is 8.58 Å². The van der Waals surface area contributed by atoms with Gasteiger partial charge in [0.25, 0.3) is 0 Å². The minimum Gasteiger partial charge on any atom is -0.0795 e. The van der Waals surface area contributed by atoms with Crippen LogP contribution in [-0.4, -0.2) is 0 Å². The maximum Gasteiger partial charge on any atom is 0.0167 e. The van der Waals surface area contributed by atoms with Crippen molar-refractivity contribution < 1.29 is 0 Å². The maximum atomic E-state index is 3.18. The van der Waals surface area contributed by atoms with Crippen molar-refractivity contribution in [3.63, 3.8) is 0 Å². The molecule has 0 spiro atoms. The third-order valence-electron chi connectivity index (χ3n) is 5.13. The smallest absolute Gasteiger partial charge is 0.0167 e. The summed E-state index contributed by atoms with van der Waals surface area (Å²) < 4.78 is 0. The second-order valence-electron chi connectivity index (χ2n) is 6.86. The third-order valence-corrected chi connectivity index (χ3v) is 7.02. The highest BCUT2D eigenvalue weighted by Gasteiger charge is 2.33. The molecule has 0 aliphatic heterocycles. The Morgan fingerprint density at radius 1 is 0.957 bits per heavy atom. The maximum absolute atomic E-state index is 3.18. The van der Waals surface area contributed by atoms with Gasteiger partial charge in [-0.15, -0.1) is 0 Å². The van der Waals surface area contributed by atoms with E-state index in [1.807, 2.05) is 0 Å². The first-order chi connectivity index (χ1) is 11.3. The van der Waals surface area contributed by atoms with E-state index in [4.69, 9.17) is 0 Å². The molecule has 0 N–H and O–H groups in total. The molecule has 1 atom stereocenters. The van der Waals surface area contributed by atoms with E-state index in [2.05, 4.69) is 61.5 Å². The van der Waals surface area contributed by atoms with E-state index in [9.17, 15) is 0 Å². The summed E-state index contributed by atoms with van der Waals surface area (Å²) in [6.07, 6.45) is 10.6. The van der Waals surface area contributed by atoms with Crippen LogP contribution in [-0.2, 0) is 11.6 Å². The van der Waals surface area contributed by atoms with Crippen LogP contribution in [0.2, 0.25) is 0 Å². The molecule has 23 heavy (non-hydrogen) atoms. The van der Waals surface area contributed by atoms with Gasteiger partial charge in [-0.25, -0.2) is 0 Å². The zero-order valence-electron chi connectivity index (χ0n) is 14.3. The van der Waals surface area contributed by atoms with Gasteiger partial charge in [0.2, 0.25) is 0 Å². The molecule has 1 aliphatic rings. The van der Waals surface area contributed by atoms with Crippen molar-refractivity contribution in [3.8, 4) is 0 Å². The van der Waals surface area contributed by atoms with Gasteiger partial charge < -0.3 is 0 Å². The molecule has 1 aliphatic carbocycles. The lowest BCUT2D eigenvalue weighted by Gasteiger charge is -2.38. The van der Waals surface area contributed by atoms with Crippen LogP contribution in [0.3, 0.4) is 0 Å². The Bertz CT molecular complexity index is 579. The van der Waals surface area contributed by atoms with Crippen LogP contribution in [0.1, 0.15) is 63.0 Å². The molecule has 0 bridgehead atoms. The first kappa shape index (κ1) is 16.7. The highest BCUT2D eigenvalue weighted by molar-refractivity contribution is 7.48. The molecule has 0 saturated heterocycles. The van der Waals surface area contributed by atoms with E-state index >= 15 is 0 Å². The van der Waals surface area contributed by atoms with Gasteiger partial charge in [0.15, 0.2) is 0 Å². The fourth-order valence-electron chi connectivity index (χ4n) is 3.76. The lowest BCUT2D eigenvalue weighted by molar-refractivity contribution is 0.404. The van der Waals surface area contributed by atoms with Crippen LogP contribution in [0.4, 0.5) is 0 Å². The van der Waals surface area contributed by atoms with Crippen LogP contribution in [0.25, 0.3) is 0 Å². The lowest BCUT2D eigenvalue weighted by Crippen LogP contribution is -2.26. The minimum absolute atomic E-state index is 0.373. The molecule has 121 valence electrons. The monoisotopic (exact) mass is 323 g/mol. The first-order valence-electron chi connectivity index (χ1n) is 9.16. The summed E-state index contributed by atoms with van der Waals surface area (Å²) >= 11 is 0. The van der Waals surface area contributed by atoms with Gasteiger partial charge >= 0.3 is 0 Å². The van der Waals surface area contributed by atoms with E-state index < -0.39 is 0 Å². The Kier molecular flexibility index (Phi) is 5.90. The molecule has 0 amide bonds. The Balaban J connectivity index is 1.79. The van der Waals surface area contributed by atoms with E-state index in [1.54, 1.807) is 0 Å². The Morgan fingerprint density at radius 2 is 1.65 bits per heavy atom. The first-order valence-corrected chi connectivity index (χ1v) is 10.2. The summed E-state index contributed by atoms with van der Waals surface area (Å²) in [6, 6.07) is 21.4. The van der Waals surface area contributed by atoms with Gasteiger partial charge in [-0.3, -0.25) is 0 Å². The van der Waals surface area contributed by atoms with Crippen molar-refractivity contribution in [2.75, 3.05) is 0 Å². The molecular weight excluding hydrogens is 295 g/mol. The average molecular weight is 323 g/mol. The summed E-state index contributed by atoms with van der Waals surface area (Å²) in [5.41, 5.74) is 3.02. The van der Waals surface area contributed by atoms with Crippen molar-refractivity contribution in [1.29, 1.82) is 0 Å². The highest BCUT2D eigenvalue weighted by Crippen LogP contribution is 2.51. The fourth-order valence-corrected chi connectivity index (χ4v) is 5.56. The summed E-state index contributed by atoms with van der Waals surface area (Å²) in [5.74, 6) is 0. The largest absolute Gasteiger partial charge is 0.0795 e. The standard InChI is InChI=1S/C22H28P/c1-2-3-10-19-13-15-21(16-14-19)23-22(17-8-5-9-18-22)20-11-6-4-7-12-20/h6-7,11-16,23H,2-3,5,8-10,17-18H2,1H3. The molecule has 0 heterocycles. The Hall–Kier alpha value is -1.13. The highest BCUT2D eigenvalue weighted by atomic mass is 31.1. The molecule has 1 fully saturated rings. The fraction of sp³-hybridized carbons (Fsp3) is 0.455. The van der Waals surface area contributed by atoms with Gasteiger partial charge in [0.05, 0.1) is 0 Å². The van der Waals surface area contributed by atoms with Gasteiger partial charge in [-0.2, -0.15) is 0 Å². The van der Waals surface area contributed by atoms with Crippen molar-refractivity contribution in [3.05, 3.63) is 65.7 Å². The van der Waals surface area contributed by atoms with E-state index in [-0.39, 0.29) is 0 Å². The summed E-state index contributed by atoms with van der Waals surface area (Å²) in [6.45, 7) is 2.26. The molecule has 1 radical (unpaired) electrons. The van der Waals surface area contributed by atoms with Crippen LogP contribution in [0.15, 0.2) is 48.5 Å². The van der Waals surface area contributed by atoms with E-state index in [1.165, 1.54) is 67.8 Å². The number of rotatable bonds is 6. The zero-order chi connectivity index (χ0) is 16.0. The Labute approximate surface area is 143 Å². The number of hydrogen-bond donors (Lipinski definition) is 0. The van der Waals surface area contributed by atoms with Gasteiger partial charge in [-0.05, 0) is 48.2 Å². The number of benzene rings is 2. The van der Waals surface area contributed by atoms with Gasteiger partial charge in [-0.1, -0.05) is 89.7 Å². The molecule has 1 unspecified atom stereocenters. The Morgan fingerprint density at radius 3 is 2.30 bits per heavy atom. The molecule has 3 rings (SSSR count). The molecular formula is C22H28P. The molecule has 2 aromatic rings. The van der Waals surface area contributed by atoms with Gasteiger partial charge in [0, 0.05) is 5.16 Å². The third kappa shape index (κ3) is 4.24.